The lowest BCUT2D eigenvalue weighted by atomic mass is 10.1. The number of sulfonamides is 1. The number of amides is 1. The Kier molecular flexibility index (Phi) is 9.27. The third-order valence-electron chi connectivity index (χ3n) is 5.55. The summed E-state index contributed by atoms with van der Waals surface area (Å²) in [6.07, 6.45) is 3.02. The number of thioether (sulfide) groups is 1. The summed E-state index contributed by atoms with van der Waals surface area (Å²) >= 11 is 1.49. The number of carbonyl (C=O) groups is 1. The lowest BCUT2D eigenvalue weighted by Crippen LogP contribution is -2.41. The Hall–Kier alpha value is -3.02. The molecular weight excluding hydrogens is 532 g/mol. The molecule has 0 aliphatic heterocycles. The maximum Gasteiger partial charge on any atom is 0.264 e. The number of hydrogen-bond acceptors (Lipinski definition) is 7. The van der Waals surface area contributed by atoms with Crippen LogP contribution in [0.15, 0.2) is 87.5 Å². The zero-order valence-electron chi connectivity index (χ0n) is 21.0. The van der Waals surface area contributed by atoms with Gasteiger partial charge in [-0.05, 0) is 74.2 Å². The van der Waals surface area contributed by atoms with E-state index in [1.54, 1.807) is 62.4 Å². The third-order valence-corrected chi connectivity index (χ3v) is 9.20. The summed E-state index contributed by atoms with van der Waals surface area (Å²) in [6.45, 7) is 3.37. The minimum Gasteiger partial charge on any atom is -0.492 e. The number of hydrogen-bond donors (Lipinski definition) is 1. The number of benzene rings is 3. The predicted octanol–water partition coefficient (Wildman–Crippen LogP) is 4.28. The van der Waals surface area contributed by atoms with E-state index in [-0.39, 0.29) is 15.5 Å². The SMILES string of the molecule is CCOc1ccccc1N(CC(=O)N[C@@H](C)c1ccc(S(C)(=O)=O)cc1)S(=O)(=O)c1ccc(SC)cc1. The monoisotopic (exact) mass is 562 g/mol. The zero-order chi connectivity index (χ0) is 27.2. The highest BCUT2D eigenvalue weighted by Gasteiger charge is 2.30. The van der Waals surface area contributed by atoms with Gasteiger partial charge in [0.15, 0.2) is 9.84 Å². The van der Waals surface area contributed by atoms with Gasteiger partial charge in [-0.3, -0.25) is 9.10 Å². The van der Waals surface area contributed by atoms with Crippen LogP contribution in [0.3, 0.4) is 0 Å². The van der Waals surface area contributed by atoms with Crippen LogP contribution in [0, 0.1) is 0 Å². The van der Waals surface area contributed by atoms with Crippen molar-refractivity contribution in [2.75, 3.05) is 30.0 Å². The van der Waals surface area contributed by atoms with E-state index < -0.39 is 38.4 Å². The number of nitrogens with zero attached hydrogens (tertiary/aromatic N) is 1. The molecule has 0 aliphatic carbocycles. The number of nitrogens with one attached hydrogen (secondary N) is 1. The maximum absolute atomic E-state index is 13.7. The molecule has 3 rings (SSSR count). The normalized spacial score (nSPS) is 12.5. The highest BCUT2D eigenvalue weighted by molar-refractivity contribution is 7.98. The Morgan fingerprint density at radius 3 is 2.11 bits per heavy atom. The minimum absolute atomic E-state index is 0.0498. The van der Waals surface area contributed by atoms with Crippen molar-refractivity contribution in [3.63, 3.8) is 0 Å². The molecular formula is C26H30N2O6S3. The average molecular weight is 563 g/mol. The lowest BCUT2D eigenvalue weighted by Gasteiger charge is -2.26. The second-order valence-electron chi connectivity index (χ2n) is 8.22. The van der Waals surface area contributed by atoms with E-state index >= 15 is 0 Å². The van der Waals surface area contributed by atoms with Crippen molar-refractivity contribution in [1.29, 1.82) is 0 Å². The molecule has 0 aromatic heterocycles. The van der Waals surface area contributed by atoms with Crippen LogP contribution in [0.1, 0.15) is 25.5 Å². The second kappa shape index (κ2) is 12.0. The van der Waals surface area contributed by atoms with E-state index in [4.69, 9.17) is 4.74 Å². The van der Waals surface area contributed by atoms with Gasteiger partial charge in [0.05, 0.1) is 28.1 Å². The molecule has 0 radical (unpaired) electrons. The van der Waals surface area contributed by atoms with Crippen LogP contribution < -0.4 is 14.4 Å². The highest BCUT2D eigenvalue weighted by atomic mass is 32.2. The van der Waals surface area contributed by atoms with Crippen molar-refractivity contribution in [3.05, 3.63) is 78.4 Å². The maximum atomic E-state index is 13.7. The molecule has 1 atom stereocenters. The Morgan fingerprint density at radius 1 is 0.946 bits per heavy atom. The Morgan fingerprint density at radius 2 is 1.54 bits per heavy atom. The van der Waals surface area contributed by atoms with E-state index in [2.05, 4.69) is 5.32 Å². The first-order chi connectivity index (χ1) is 17.5. The number of para-hydroxylation sites is 2. The van der Waals surface area contributed by atoms with Crippen LogP contribution in [0.5, 0.6) is 5.75 Å². The first kappa shape index (κ1) is 28.5. The van der Waals surface area contributed by atoms with Crippen molar-refractivity contribution in [3.8, 4) is 5.75 Å². The minimum atomic E-state index is -4.12. The van der Waals surface area contributed by atoms with Crippen molar-refractivity contribution in [2.45, 2.75) is 34.6 Å². The van der Waals surface area contributed by atoms with Gasteiger partial charge < -0.3 is 10.1 Å². The average Bonchev–Trinajstić information content (AvgIpc) is 2.87. The van der Waals surface area contributed by atoms with E-state index in [1.807, 2.05) is 6.26 Å². The van der Waals surface area contributed by atoms with Gasteiger partial charge >= 0.3 is 0 Å². The molecule has 0 saturated carbocycles. The van der Waals surface area contributed by atoms with Crippen LogP contribution in [0.4, 0.5) is 5.69 Å². The zero-order valence-corrected chi connectivity index (χ0v) is 23.5. The molecule has 0 heterocycles. The number of ether oxygens (including phenoxy) is 1. The molecule has 3 aromatic carbocycles. The van der Waals surface area contributed by atoms with Gasteiger partial charge in [0.25, 0.3) is 10.0 Å². The summed E-state index contributed by atoms with van der Waals surface area (Å²) in [5, 5.41) is 2.81. The summed E-state index contributed by atoms with van der Waals surface area (Å²) in [4.78, 5) is 14.3. The van der Waals surface area contributed by atoms with Crippen LogP contribution in [0.25, 0.3) is 0 Å². The van der Waals surface area contributed by atoms with E-state index in [1.165, 1.54) is 36.0 Å². The fourth-order valence-corrected chi connectivity index (χ4v) is 6.09. The molecule has 0 spiro atoms. The molecule has 3 aromatic rings. The van der Waals surface area contributed by atoms with Gasteiger partial charge in [-0.25, -0.2) is 16.8 Å². The van der Waals surface area contributed by atoms with Gasteiger partial charge in [0, 0.05) is 11.2 Å². The number of carbonyl (C=O) groups excluding carboxylic acids is 1. The fourth-order valence-electron chi connectivity index (χ4n) is 3.62. The van der Waals surface area contributed by atoms with Gasteiger partial charge in [-0.2, -0.15) is 0 Å². The summed E-state index contributed by atoms with van der Waals surface area (Å²) in [5.41, 5.74) is 0.927. The third kappa shape index (κ3) is 7.06. The van der Waals surface area contributed by atoms with Crippen molar-refractivity contribution < 1.29 is 26.4 Å². The lowest BCUT2D eigenvalue weighted by molar-refractivity contribution is -0.120. The first-order valence-electron chi connectivity index (χ1n) is 11.5. The summed E-state index contributed by atoms with van der Waals surface area (Å²) < 4.78 is 57.6. The molecule has 0 aliphatic rings. The quantitative estimate of drug-likeness (QED) is 0.347. The summed E-state index contributed by atoms with van der Waals surface area (Å²) in [6, 6.07) is 18.8. The van der Waals surface area contributed by atoms with Crippen LogP contribution in [0.2, 0.25) is 0 Å². The first-order valence-corrected chi connectivity index (χ1v) is 16.0. The summed E-state index contributed by atoms with van der Waals surface area (Å²) in [7, 11) is -7.47. The predicted molar refractivity (Wildman–Crippen MR) is 146 cm³/mol. The van der Waals surface area contributed by atoms with Gasteiger partial charge in [0.1, 0.15) is 12.3 Å². The molecule has 8 nitrogen and oxygen atoms in total. The summed E-state index contributed by atoms with van der Waals surface area (Å²) in [5.74, 6) is -0.193. The van der Waals surface area contributed by atoms with Gasteiger partial charge in [-0.1, -0.05) is 24.3 Å². The largest absolute Gasteiger partial charge is 0.492 e. The molecule has 0 saturated heterocycles. The van der Waals surface area contributed by atoms with E-state index in [0.29, 0.717) is 17.9 Å². The Balaban J connectivity index is 1.92. The molecule has 198 valence electrons. The molecule has 0 fully saturated rings. The molecule has 11 heteroatoms. The van der Waals surface area contributed by atoms with Gasteiger partial charge in [0.2, 0.25) is 5.91 Å². The van der Waals surface area contributed by atoms with Crippen LogP contribution in [-0.4, -0.2) is 48.4 Å². The number of anilines is 1. The van der Waals surface area contributed by atoms with Crippen LogP contribution in [-0.2, 0) is 24.7 Å². The standard InChI is InChI=1S/C26H30N2O6S3/c1-5-34-25-9-7-6-8-24(25)28(37(32,33)23-16-12-21(35-3)13-17-23)18-26(29)27-19(2)20-10-14-22(15-11-20)36(4,30)31/h6-17,19H,5,18H2,1-4H3,(H,27,29)/t19-/m0/s1. The molecule has 37 heavy (non-hydrogen) atoms. The molecule has 0 unspecified atom stereocenters. The molecule has 1 N–H and O–H groups in total. The van der Waals surface area contributed by atoms with Crippen molar-refractivity contribution >= 4 is 43.2 Å². The number of rotatable bonds is 11. The fraction of sp³-hybridized carbons (Fsp3) is 0.269. The molecule has 1 amide bonds. The van der Waals surface area contributed by atoms with E-state index in [9.17, 15) is 21.6 Å². The molecule has 0 bridgehead atoms. The van der Waals surface area contributed by atoms with Gasteiger partial charge in [-0.15, -0.1) is 11.8 Å². The Bertz CT molecular complexity index is 1440. The van der Waals surface area contributed by atoms with Crippen molar-refractivity contribution in [1.82, 2.24) is 5.32 Å². The highest BCUT2D eigenvalue weighted by Crippen LogP contribution is 2.33. The number of sulfone groups is 1. The Labute approximate surface area is 223 Å². The van der Waals surface area contributed by atoms with Crippen molar-refractivity contribution in [2.24, 2.45) is 0 Å². The topological polar surface area (TPSA) is 110 Å². The van der Waals surface area contributed by atoms with Crippen LogP contribution >= 0.6 is 11.8 Å². The van der Waals surface area contributed by atoms with E-state index in [0.717, 1.165) is 15.5 Å². The smallest absolute Gasteiger partial charge is 0.264 e. The second-order valence-corrected chi connectivity index (χ2v) is 13.0.